The van der Waals surface area contributed by atoms with Crippen molar-refractivity contribution in [1.29, 1.82) is 0 Å². The molecule has 0 aliphatic carbocycles. The Balaban J connectivity index is 2.94. The fraction of sp³-hybridized carbons (Fsp3) is 0.500. The quantitative estimate of drug-likeness (QED) is 0.871. The van der Waals surface area contributed by atoms with Gasteiger partial charge in [0, 0.05) is 34.9 Å². The maximum absolute atomic E-state index is 9.18. The van der Waals surface area contributed by atoms with Crippen molar-refractivity contribution in [3.05, 3.63) is 28.5 Å². The van der Waals surface area contributed by atoms with Crippen LogP contribution in [0.1, 0.15) is 25.5 Å². The Kier molecular flexibility index (Phi) is 3.64. The molecule has 0 unspecified atom stereocenters. The number of aromatic nitrogens is 1. The topological polar surface area (TPSA) is 59.1 Å². The molecule has 0 aromatic carbocycles. The largest absolute Gasteiger partial charge is 0.396 e. The van der Waals surface area contributed by atoms with E-state index in [1.165, 1.54) is 0 Å². The van der Waals surface area contributed by atoms with E-state index >= 15 is 0 Å². The second-order valence-electron chi connectivity index (χ2n) is 4.06. The molecule has 0 aliphatic rings. The molecule has 1 aromatic heterocycles. The molecule has 78 valence electrons. The first-order chi connectivity index (χ1) is 6.47. The molecule has 0 bridgehead atoms. The standard InChI is InChI=1S/C10H15BrN2O/c1-10(2,6-14)9(12)7-3-8(11)5-13-4-7/h3-5,9,14H,6,12H2,1-2H3/t9-/m0/s1. The van der Waals surface area contributed by atoms with Crippen molar-refractivity contribution in [2.24, 2.45) is 11.1 Å². The summed E-state index contributed by atoms with van der Waals surface area (Å²) in [6.07, 6.45) is 3.44. The third-order valence-electron chi connectivity index (χ3n) is 2.33. The zero-order chi connectivity index (χ0) is 10.8. The van der Waals surface area contributed by atoms with E-state index in [1.54, 1.807) is 12.4 Å². The number of pyridine rings is 1. The molecule has 3 nitrogen and oxygen atoms in total. The smallest absolute Gasteiger partial charge is 0.0500 e. The minimum atomic E-state index is -0.331. The van der Waals surface area contributed by atoms with Crippen LogP contribution in [0.5, 0.6) is 0 Å². The van der Waals surface area contributed by atoms with Gasteiger partial charge in [-0.1, -0.05) is 13.8 Å². The van der Waals surface area contributed by atoms with E-state index in [2.05, 4.69) is 20.9 Å². The first-order valence-electron chi connectivity index (χ1n) is 4.44. The molecule has 0 amide bonds. The van der Waals surface area contributed by atoms with Crippen molar-refractivity contribution in [2.75, 3.05) is 6.61 Å². The molecule has 0 spiro atoms. The van der Waals surface area contributed by atoms with Crippen molar-refractivity contribution < 1.29 is 5.11 Å². The van der Waals surface area contributed by atoms with Crippen LogP contribution in [0.3, 0.4) is 0 Å². The third kappa shape index (κ3) is 2.53. The van der Waals surface area contributed by atoms with Crippen LogP contribution in [0, 0.1) is 5.41 Å². The van der Waals surface area contributed by atoms with Crippen LogP contribution in [0.2, 0.25) is 0 Å². The Hall–Kier alpha value is -0.450. The monoisotopic (exact) mass is 258 g/mol. The highest BCUT2D eigenvalue weighted by molar-refractivity contribution is 9.10. The summed E-state index contributed by atoms with van der Waals surface area (Å²) in [5.41, 5.74) is 6.63. The van der Waals surface area contributed by atoms with Gasteiger partial charge in [-0.25, -0.2) is 0 Å². The van der Waals surface area contributed by atoms with Gasteiger partial charge < -0.3 is 10.8 Å². The fourth-order valence-corrected chi connectivity index (χ4v) is 1.53. The number of nitrogens with zero attached hydrogens (tertiary/aromatic N) is 1. The van der Waals surface area contributed by atoms with E-state index in [0.29, 0.717) is 0 Å². The van der Waals surface area contributed by atoms with Crippen LogP contribution >= 0.6 is 15.9 Å². The Bertz CT molecular complexity index is 315. The molecule has 1 heterocycles. The minimum Gasteiger partial charge on any atom is -0.396 e. The lowest BCUT2D eigenvalue weighted by Gasteiger charge is -2.29. The summed E-state index contributed by atoms with van der Waals surface area (Å²) in [7, 11) is 0. The molecule has 3 N–H and O–H groups in total. The van der Waals surface area contributed by atoms with Gasteiger partial charge in [-0.05, 0) is 27.6 Å². The molecule has 0 saturated heterocycles. The van der Waals surface area contributed by atoms with Crippen molar-refractivity contribution in [3.63, 3.8) is 0 Å². The molecule has 0 aliphatic heterocycles. The van der Waals surface area contributed by atoms with E-state index in [9.17, 15) is 5.11 Å². The summed E-state index contributed by atoms with van der Waals surface area (Å²) in [4.78, 5) is 4.04. The number of aliphatic hydroxyl groups excluding tert-OH is 1. The predicted octanol–water partition coefficient (Wildman–Crippen LogP) is 1.86. The lowest BCUT2D eigenvalue weighted by Crippen LogP contribution is -2.32. The fourth-order valence-electron chi connectivity index (χ4n) is 1.15. The number of halogens is 1. The maximum atomic E-state index is 9.18. The predicted molar refractivity (Wildman–Crippen MR) is 59.7 cm³/mol. The van der Waals surface area contributed by atoms with Gasteiger partial charge >= 0.3 is 0 Å². The minimum absolute atomic E-state index is 0.0562. The number of aliphatic hydroxyl groups is 1. The first-order valence-corrected chi connectivity index (χ1v) is 5.23. The number of nitrogens with two attached hydrogens (primary N) is 1. The van der Waals surface area contributed by atoms with Crippen molar-refractivity contribution >= 4 is 15.9 Å². The summed E-state index contributed by atoms with van der Waals surface area (Å²) in [6.45, 7) is 3.91. The van der Waals surface area contributed by atoms with E-state index in [1.807, 2.05) is 19.9 Å². The summed E-state index contributed by atoms with van der Waals surface area (Å²) in [5, 5.41) is 9.18. The van der Waals surface area contributed by atoms with Crippen molar-refractivity contribution in [3.8, 4) is 0 Å². The zero-order valence-electron chi connectivity index (χ0n) is 8.37. The van der Waals surface area contributed by atoms with Crippen LogP contribution in [0.15, 0.2) is 22.9 Å². The molecule has 1 rings (SSSR count). The highest BCUT2D eigenvalue weighted by atomic mass is 79.9. The zero-order valence-corrected chi connectivity index (χ0v) is 9.95. The number of hydrogen-bond acceptors (Lipinski definition) is 3. The van der Waals surface area contributed by atoms with Gasteiger partial charge in [0.1, 0.15) is 0 Å². The molecule has 14 heavy (non-hydrogen) atoms. The molecular formula is C10H15BrN2O. The SMILES string of the molecule is CC(C)(CO)[C@@H](N)c1cncc(Br)c1. The average molecular weight is 259 g/mol. The molecule has 4 heteroatoms. The maximum Gasteiger partial charge on any atom is 0.0500 e. The summed E-state index contributed by atoms with van der Waals surface area (Å²) in [5.74, 6) is 0. The van der Waals surface area contributed by atoms with Crippen molar-refractivity contribution in [2.45, 2.75) is 19.9 Å². The number of rotatable bonds is 3. The Morgan fingerprint density at radius 2 is 2.21 bits per heavy atom. The molecule has 1 aromatic rings. The molecule has 1 atom stereocenters. The Labute approximate surface area is 92.5 Å². The van der Waals surface area contributed by atoms with Gasteiger partial charge in [-0.2, -0.15) is 0 Å². The lowest BCUT2D eigenvalue weighted by molar-refractivity contribution is 0.132. The first kappa shape index (κ1) is 11.6. The molecular weight excluding hydrogens is 244 g/mol. The highest BCUT2D eigenvalue weighted by Gasteiger charge is 2.27. The van der Waals surface area contributed by atoms with Crippen LogP contribution in [-0.4, -0.2) is 16.7 Å². The number of hydrogen-bond donors (Lipinski definition) is 2. The van der Waals surface area contributed by atoms with Crippen LogP contribution < -0.4 is 5.73 Å². The lowest BCUT2D eigenvalue weighted by atomic mass is 9.82. The van der Waals surface area contributed by atoms with Gasteiger partial charge in [-0.3, -0.25) is 4.98 Å². The average Bonchev–Trinajstić information content (AvgIpc) is 2.16. The molecule has 0 radical (unpaired) electrons. The van der Waals surface area contributed by atoms with E-state index in [0.717, 1.165) is 10.0 Å². The second-order valence-corrected chi connectivity index (χ2v) is 4.98. The van der Waals surface area contributed by atoms with E-state index in [4.69, 9.17) is 5.73 Å². The Morgan fingerprint density at radius 3 is 2.71 bits per heavy atom. The summed E-state index contributed by atoms with van der Waals surface area (Å²) >= 11 is 3.34. The summed E-state index contributed by atoms with van der Waals surface area (Å²) < 4.78 is 0.902. The van der Waals surface area contributed by atoms with Crippen LogP contribution in [0.4, 0.5) is 0 Å². The van der Waals surface area contributed by atoms with Crippen LogP contribution in [0.25, 0.3) is 0 Å². The van der Waals surface area contributed by atoms with Crippen LogP contribution in [-0.2, 0) is 0 Å². The van der Waals surface area contributed by atoms with Gasteiger partial charge in [-0.15, -0.1) is 0 Å². The summed E-state index contributed by atoms with van der Waals surface area (Å²) in [6, 6.07) is 1.72. The highest BCUT2D eigenvalue weighted by Crippen LogP contribution is 2.30. The van der Waals surface area contributed by atoms with E-state index < -0.39 is 0 Å². The van der Waals surface area contributed by atoms with E-state index in [-0.39, 0.29) is 18.1 Å². The van der Waals surface area contributed by atoms with Gasteiger partial charge in [0.15, 0.2) is 0 Å². The van der Waals surface area contributed by atoms with Gasteiger partial charge in [0.25, 0.3) is 0 Å². The normalized spacial score (nSPS) is 14.1. The molecule has 0 fully saturated rings. The van der Waals surface area contributed by atoms with Gasteiger partial charge in [0.05, 0.1) is 0 Å². The van der Waals surface area contributed by atoms with Gasteiger partial charge in [0.2, 0.25) is 0 Å². The Morgan fingerprint density at radius 1 is 1.57 bits per heavy atom. The third-order valence-corrected chi connectivity index (χ3v) is 2.77. The molecule has 0 saturated carbocycles. The second kappa shape index (κ2) is 4.38. The van der Waals surface area contributed by atoms with Crippen molar-refractivity contribution in [1.82, 2.24) is 4.98 Å².